The minimum Gasteiger partial charge on any atom is -0.465 e. The third kappa shape index (κ3) is 1.84. The zero-order valence-electron chi connectivity index (χ0n) is 9.19. The Morgan fingerprint density at radius 3 is 2.56 bits per heavy atom. The van der Waals surface area contributed by atoms with Crippen molar-refractivity contribution >= 4 is 5.97 Å². The van der Waals surface area contributed by atoms with Crippen molar-refractivity contribution in [2.24, 2.45) is 0 Å². The summed E-state index contributed by atoms with van der Waals surface area (Å²) in [6, 6.07) is 11.2. The first-order valence-electron chi connectivity index (χ1n) is 4.96. The van der Waals surface area contributed by atoms with Crippen molar-refractivity contribution in [1.82, 2.24) is 0 Å². The number of benzene rings is 1. The van der Waals surface area contributed by atoms with Gasteiger partial charge in [-0.15, -0.1) is 0 Å². The lowest BCUT2D eigenvalue weighted by Gasteiger charge is -2.00. The van der Waals surface area contributed by atoms with E-state index < -0.39 is 0 Å². The summed E-state index contributed by atoms with van der Waals surface area (Å²) in [7, 11) is 1.36. The van der Waals surface area contributed by atoms with Crippen molar-refractivity contribution in [1.29, 1.82) is 0 Å². The monoisotopic (exact) mass is 216 g/mol. The van der Waals surface area contributed by atoms with Gasteiger partial charge in [-0.25, -0.2) is 4.79 Å². The summed E-state index contributed by atoms with van der Waals surface area (Å²) in [6.07, 6.45) is 0. The molecule has 0 saturated carbocycles. The van der Waals surface area contributed by atoms with E-state index in [1.165, 1.54) is 7.11 Å². The first-order valence-corrected chi connectivity index (χ1v) is 4.96. The Morgan fingerprint density at radius 1 is 1.25 bits per heavy atom. The second kappa shape index (κ2) is 4.23. The zero-order valence-corrected chi connectivity index (χ0v) is 9.19. The number of methoxy groups -OCH3 is 1. The Bertz CT molecular complexity index is 497. The lowest BCUT2D eigenvalue weighted by atomic mass is 10.1. The molecule has 0 atom stereocenters. The van der Waals surface area contributed by atoms with E-state index in [-0.39, 0.29) is 5.97 Å². The summed E-state index contributed by atoms with van der Waals surface area (Å²) in [6.45, 7) is 1.80. The maximum Gasteiger partial charge on any atom is 0.341 e. The smallest absolute Gasteiger partial charge is 0.341 e. The van der Waals surface area contributed by atoms with Crippen molar-refractivity contribution in [3.05, 3.63) is 47.7 Å². The van der Waals surface area contributed by atoms with Crippen LogP contribution in [0.15, 0.2) is 40.8 Å². The van der Waals surface area contributed by atoms with E-state index in [2.05, 4.69) is 0 Å². The molecule has 0 fully saturated rings. The van der Waals surface area contributed by atoms with Gasteiger partial charge in [0.1, 0.15) is 17.1 Å². The van der Waals surface area contributed by atoms with E-state index in [0.717, 1.165) is 5.56 Å². The average Bonchev–Trinajstić information content (AvgIpc) is 2.71. The fraction of sp³-hybridized carbons (Fsp3) is 0.154. The molecule has 16 heavy (non-hydrogen) atoms. The van der Waals surface area contributed by atoms with Crippen LogP contribution in [0.2, 0.25) is 0 Å². The molecule has 0 amide bonds. The predicted molar refractivity (Wildman–Crippen MR) is 60.2 cm³/mol. The van der Waals surface area contributed by atoms with Gasteiger partial charge in [0.2, 0.25) is 0 Å². The number of hydrogen-bond acceptors (Lipinski definition) is 3. The first-order chi connectivity index (χ1) is 7.72. The van der Waals surface area contributed by atoms with Gasteiger partial charge in [-0.1, -0.05) is 30.3 Å². The number of esters is 1. The number of carbonyl (C=O) groups excluding carboxylic acids is 1. The first kappa shape index (κ1) is 10.5. The summed E-state index contributed by atoms with van der Waals surface area (Å²) in [5.41, 5.74) is 1.34. The van der Waals surface area contributed by atoms with Crippen LogP contribution in [-0.4, -0.2) is 13.1 Å². The van der Waals surface area contributed by atoms with Gasteiger partial charge >= 0.3 is 5.97 Å². The molecule has 2 rings (SSSR count). The number of rotatable bonds is 2. The molecule has 1 aromatic heterocycles. The van der Waals surface area contributed by atoms with Crippen LogP contribution in [0.4, 0.5) is 0 Å². The van der Waals surface area contributed by atoms with Crippen LogP contribution in [0.25, 0.3) is 11.3 Å². The minimum atomic E-state index is -0.379. The van der Waals surface area contributed by atoms with Gasteiger partial charge in [-0.2, -0.15) is 0 Å². The summed E-state index contributed by atoms with van der Waals surface area (Å²) < 4.78 is 10.2. The summed E-state index contributed by atoms with van der Waals surface area (Å²) in [5, 5.41) is 0. The molecule has 0 aliphatic rings. The van der Waals surface area contributed by atoms with Gasteiger partial charge in [0.25, 0.3) is 0 Å². The molecule has 0 saturated heterocycles. The molecule has 1 heterocycles. The SMILES string of the molecule is COC(=O)c1cc(C)oc1-c1ccccc1. The molecule has 0 aliphatic heterocycles. The van der Waals surface area contributed by atoms with E-state index >= 15 is 0 Å². The molecule has 0 unspecified atom stereocenters. The van der Waals surface area contributed by atoms with E-state index in [1.807, 2.05) is 30.3 Å². The van der Waals surface area contributed by atoms with Crippen LogP contribution in [0.1, 0.15) is 16.1 Å². The van der Waals surface area contributed by atoms with Crippen LogP contribution in [0, 0.1) is 6.92 Å². The van der Waals surface area contributed by atoms with Crippen molar-refractivity contribution in [2.45, 2.75) is 6.92 Å². The van der Waals surface area contributed by atoms with Crippen molar-refractivity contribution < 1.29 is 13.9 Å². The van der Waals surface area contributed by atoms with E-state index in [0.29, 0.717) is 17.1 Å². The molecule has 3 nitrogen and oxygen atoms in total. The Hall–Kier alpha value is -2.03. The molecule has 1 aromatic carbocycles. The van der Waals surface area contributed by atoms with Gasteiger partial charge in [0, 0.05) is 5.56 Å². The highest BCUT2D eigenvalue weighted by Crippen LogP contribution is 2.27. The normalized spacial score (nSPS) is 10.1. The molecule has 0 spiro atoms. The number of furan rings is 1. The fourth-order valence-electron chi connectivity index (χ4n) is 1.58. The molecule has 0 bridgehead atoms. The summed E-state index contributed by atoms with van der Waals surface area (Å²) in [4.78, 5) is 11.5. The van der Waals surface area contributed by atoms with E-state index in [1.54, 1.807) is 13.0 Å². The van der Waals surface area contributed by atoms with Crippen LogP contribution in [0.5, 0.6) is 0 Å². The van der Waals surface area contributed by atoms with Crippen LogP contribution in [-0.2, 0) is 4.74 Å². The van der Waals surface area contributed by atoms with Crippen molar-refractivity contribution in [2.75, 3.05) is 7.11 Å². The molecule has 2 aromatic rings. The Kier molecular flexibility index (Phi) is 2.77. The molecule has 3 heteroatoms. The summed E-state index contributed by atoms with van der Waals surface area (Å²) in [5.74, 6) is 0.875. The second-order valence-corrected chi connectivity index (χ2v) is 3.46. The van der Waals surface area contributed by atoms with E-state index in [9.17, 15) is 4.79 Å². The highest BCUT2D eigenvalue weighted by atomic mass is 16.5. The molecule has 82 valence electrons. The number of hydrogen-bond donors (Lipinski definition) is 0. The van der Waals surface area contributed by atoms with Crippen LogP contribution >= 0.6 is 0 Å². The van der Waals surface area contributed by atoms with Gasteiger partial charge in [0.05, 0.1) is 7.11 Å². The molecular formula is C13H12O3. The number of ether oxygens (including phenoxy) is 1. The largest absolute Gasteiger partial charge is 0.465 e. The van der Waals surface area contributed by atoms with Gasteiger partial charge in [-0.05, 0) is 13.0 Å². The van der Waals surface area contributed by atoms with Gasteiger partial charge < -0.3 is 9.15 Å². The quantitative estimate of drug-likeness (QED) is 0.724. The second-order valence-electron chi connectivity index (χ2n) is 3.46. The molecule has 0 N–H and O–H groups in total. The van der Waals surface area contributed by atoms with Gasteiger partial charge in [0.15, 0.2) is 0 Å². The number of aryl methyl sites for hydroxylation is 1. The maximum absolute atomic E-state index is 11.5. The Morgan fingerprint density at radius 2 is 1.94 bits per heavy atom. The lowest BCUT2D eigenvalue weighted by Crippen LogP contribution is -2.00. The summed E-state index contributed by atoms with van der Waals surface area (Å²) >= 11 is 0. The topological polar surface area (TPSA) is 39.4 Å². The molecular weight excluding hydrogens is 204 g/mol. The molecule has 0 radical (unpaired) electrons. The standard InChI is InChI=1S/C13H12O3/c1-9-8-11(13(14)15-2)12(16-9)10-6-4-3-5-7-10/h3-8H,1-2H3. The van der Waals surface area contributed by atoms with Gasteiger partial charge in [-0.3, -0.25) is 0 Å². The molecule has 0 aliphatic carbocycles. The fourth-order valence-corrected chi connectivity index (χ4v) is 1.58. The maximum atomic E-state index is 11.5. The lowest BCUT2D eigenvalue weighted by molar-refractivity contribution is 0.0601. The van der Waals surface area contributed by atoms with Crippen molar-refractivity contribution in [3.63, 3.8) is 0 Å². The highest BCUT2D eigenvalue weighted by molar-refractivity contribution is 5.95. The number of carbonyl (C=O) groups is 1. The zero-order chi connectivity index (χ0) is 11.5. The Labute approximate surface area is 93.7 Å². The average molecular weight is 216 g/mol. The third-order valence-electron chi connectivity index (χ3n) is 2.30. The van der Waals surface area contributed by atoms with Crippen LogP contribution < -0.4 is 0 Å². The van der Waals surface area contributed by atoms with Crippen molar-refractivity contribution in [3.8, 4) is 11.3 Å². The third-order valence-corrected chi connectivity index (χ3v) is 2.30. The Balaban J connectivity index is 2.53. The predicted octanol–water partition coefficient (Wildman–Crippen LogP) is 3.04. The highest BCUT2D eigenvalue weighted by Gasteiger charge is 2.18. The van der Waals surface area contributed by atoms with E-state index in [4.69, 9.17) is 9.15 Å². The minimum absolute atomic E-state index is 0.379. The van der Waals surface area contributed by atoms with Crippen LogP contribution in [0.3, 0.4) is 0 Å².